The first kappa shape index (κ1) is 18.2. The quantitative estimate of drug-likeness (QED) is 0.680. The Bertz CT molecular complexity index is 1040. The Morgan fingerprint density at radius 2 is 1.37 bits per heavy atom. The summed E-state index contributed by atoms with van der Waals surface area (Å²) in [6.07, 6.45) is 0. The van der Waals surface area contributed by atoms with E-state index in [1.165, 1.54) is 0 Å². The predicted molar refractivity (Wildman–Crippen MR) is 103 cm³/mol. The molecule has 0 radical (unpaired) electrons. The fraction of sp³-hybridized carbons (Fsp3) is 0. The maximum Gasteiger partial charge on any atom is 0.270 e. The van der Waals surface area contributed by atoms with Crippen LogP contribution < -0.4 is 10.9 Å². The van der Waals surface area contributed by atoms with Gasteiger partial charge in [-0.15, -0.1) is 0 Å². The summed E-state index contributed by atoms with van der Waals surface area (Å²) in [6, 6.07) is 22.3. The number of amides is 2. The summed E-state index contributed by atoms with van der Waals surface area (Å²) in [7, 11) is 0. The number of carbonyl (C=O) groups is 2. The Morgan fingerprint density at radius 1 is 0.778 bits per heavy atom. The zero-order chi connectivity index (χ0) is 19.2. The molecule has 3 aromatic carbocycles. The van der Waals surface area contributed by atoms with Crippen LogP contribution in [0.4, 0.5) is 0 Å². The molecule has 6 heteroatoms. The largest absolute Gasteiger partial charge is 0.270 e. The van der Waals surface area contributed by atoms with Gasteiger partial charge in [-0.1, -0.05) is 48.0 Å². The second kappa shape index (κ2) is 8.17. The van der Waals surface area contributed by atoms with E-state index in [9.17, 15) is 14.9 Å². The van der Waals surface area contributed by atoms with E-state index in [0.717, 1.165) is 0 Å². The minimum Gasteiger partial charge on any atom is -0.267 e. The highest BCUT2D eigenvalue weighted by molar-refractivity contribution is 6.30. The van der Waals surface area contributed by atoms with E-state index >= 15 is 0 Å². The molecule has 0 saturated carbocycles. The summed E-state index contributed by atoms with van der Waals surface area (Å²) in [6.45, 7) is 0. The van der Waals surface area contributed by atoms with Crippen LogP contribution >= 0.6 is 11.6 Å². The molecule has 132 valence electrons. The third kappa shape index (κ3) is 4.14. The molecule has 5 nitrogen and oxygen atoms in total. The molecule has 0 aliphatic heterocycles. The van der Waals surface area contributed by atoms with Gasteiger partial charge in [-0.05, 0) is 42.0 Å². The lowest BCUT2D eigenvalue weighted by Crippen LogP contribution is -2.41. The monoisotopic (exact) mass is 375 g/mol. The number of benzene rings is 3. The van der Waals surface area contributed by atoms with E-state index in [-0.39, 0.29) is 0 Å². The molecule has 0 saturated heterocycles. The molecular formula is C21H14ClN3O2. The average Bonchev–Trinajstić information content (AvgIpc) is 2.72. The topological polar surface area (TPSA) is 82.0 Å². The van der Waals surface area contributed by atoms with Crippen molar-refractivity contribution in [3.63, 3.8) is 0 Å². The van der Waals surface area contributed by atoms with Gasteiger partial charge in [0.15, 0.2) is 0 Å². The smallest absolute Gasteiger partial charge is 0.267 e. The summed E-state index contributed by atoms with van der Waals surface area (Å²) in [5, 5.41) is 9.83. The molecule has 0 bridgehead atoms. The number of carbonyl (C=O) groups excluding carboxylic acids is 2. The maximum absolute atomic E-state index is 12.6. The van der Waals surface area contributed by atoms with E-state index in [2.05, 4.69) is 16.9 Å². The van der Waals surface area contributed by atoms with Crippen molar-refractivity contribution in [3.8, 4) is 17.2 Å². The lowest BCUT2D eigenvalue weighted by molar-refractivity contribution is 0.0847. The van der Waals surface area contributed by atoms with Crippen LogP contribution in [0.25, 0.3) is 11.1 Å². The van der Waals surface area contributed by atoms with Crippen molar-refractivity contribution in [2.75, 3.05) is 0 Å². The molecule has 0 aromatic heterocycles. The molecule has 0 atom stereocenters. The van der Waals surface area contributed by atoms with E-state index in [0.29, 0.717) is 32.8 Å². The second-order valence-electron chi connectivity index (χ2n) is 5.62. The zero-order valence-corrected chi connectivity index (χ0v) is 14.8. The Labute approximate surface area is 161 Å². The summed E-state index contributed by atoms with van der Waals surface area (Å²) < 4.78 is 0. The fourth-order valence-corrected chi connectivity index (χ4v) is 2.71. The van der Waals surface area contributed by atoms with Gasteiger partial charge in [0.05, 0.1) is 11.6 Å². The SMILES string of the molecule is N#Cc1ccccc1-c1ccccc1C(=O)NNC(=O)c1ccc(Cl)cc1. The first-order valence-electron chi connectivity index (χ1n) is 8.05. The van der Waals surface area contributed by atoms with Crippen LogP contribution in [0.2, 0.25) is 5.02 Å². The third-order valence-electron chi connectivity index (χ3n) is 3.91. The van der Waals surface area contributed by atoms with Crippen LogP contribution in [0.5, 0.6) is 0 Å². The average molecular weight is 376 g/mol. The van der Waals surface area contributed by atoms with Crippen LogP contribution in [-0.4, -0.2) is 11.8 Å². The fourth-order valence-electron chi connectivity index (χ4n) is 2.59. The highest BCUT2D eigenvalue weighted by Gasteiger charge is 2.15. The van der Waals surface area contributed by atoms with Crippen molar-refractivity contribution in [1.82, 2.24) is 10.9 Å². The number of nitrogens with zero attached hydrogens (tertiary/aromatic N) is 1. The Kier molecular flexibility index (Phi) is 5.50. The van der Waals surface area contributed by atoms with Gasteiger partial charge in [-0.2, -0.15) is 5.26 Å². The minimum absolute atomic E-state index is 0.344. The number of nitriles is 1. The first-order valence-corrected chi connectivity index (χ1v) is 8.42. The molecule has 0 aliphatic carbocycles. The molecular weight excluding hydrogens is 362 g/mol. The first-order chi connectivity index (χ1) is 13.1. The van der Waals surface area contributed by atoms with Gasteiger partial charge < -0.3 is 0 Å². The summed E-state index contributed by atoms with van der Waals surface area (Å²) in [5.74, 6) is -0.949. The summed E-state index contributed by atoms with van der Waals surface area (Å²) in [4.78, 5) is 24.7. The van der Waals surface area contributed by atoms with Crippen LogP contribution in [0, 0.1) is 11.3 Å². The van der Waals surface area contributed by atoms with Gasteiger partial charge in [0, 0.05) is 21.7 Å². The molecule has 0 fully saturated rings. The standard InChI is InChI=1S/C21H14ClN3O2/c22-16-11-9-14(10-12-16)20(26)24-25-21(27)19-8-4-3-7-18(19)17-6-2-1-5-15(17)13-23/h1-12H,(H,24,26)(H,25,27). The Hall–Kier alpha value is -3.62. The molecule has 27 heavy (non-hydrogen) atoms. The zero-order valence-electron chi connectivity index (χ0n) is 14.1. The lowest BCUT2D eigenvalue weighted by Gasteiger charge is -2.12. The van der Waals surface area contributed by atoms with Crippen LogP contribution in [0.15, 0.2) is 72.8 Å². The highest BCUT2D eigenvalue weighted by atomic mass is 35.5. The summed E-state index contributed by atoms with van der Waals surface area (Å²) >= 11 is 5.80. The van der Waals surface area contributed by atoms with E-state index < -0.39 is 11.8 Å². The van der Waals surface area contributed by atoms with E-state index in [1.54, 1.807) is 72.8 Å². The molecule has 2 amide bonds. The molecule has 2 N–H and O–H groups in total. The number of halogens is 1. The van der Waals surface area contributed by atoms with E-state index in [1.807, 2.05) is 0 Å². The van der Waals surface area contributed by atoms with Crippen molar-refractivity contribution in [2.45, 2.75) is 0 Å². The lowest BCUT2D eigenvalue weighted by atomic mass is 9.95. The van der Waals surface area contributed by atoms with E-state index in [4.69, 9.17) is 11.6 Å². The second-order valence-corrected chi connectivity index (χ2v) is 6.05. The third-order valence-corrected chi connectivity index (χ3v) is 4.16. The predicted octanol–water partition coefficient (Wildman–Crippen LogP) is 3.95. The normalized spacial score (nSPS) is 9.93. The van der Waals surface area contributed by atoms with Gasteiger partial charge in [0.2, 0.25) is 0 Å². The van der Waals surface area contributed by atoms with Crippen molar-refractivity contribution < 1.29 is 9.59 Å². The van der Waals surface area contributed by atoms with Gasteiger partial charge in [-0.3, -0.25) is 20.4 Å². The minimum atomic E-state index is -0.486. The number of hydrogen-bond acceptors (Lipinski definition) is 3. The van der Waals surface area contributed by atoms with Crippen molar-refractivity contribution in [2.24, 2.45) is 0 Å². The van der Waals surface area contributed by atoms with Gasteiger partial charge in [0.25, 0.3) is 11.8 Å². The highest BCUT2D eigenvalue weighted by Crippen LogP contribution is 2.26. The molecule has 0 aliphatic rings. The maximum atomic E-state index is 12.6. The van der Waals surface area contributed by atoms with Crippen LogP contribution in [0.1, 0.15) is 26.3 Å². The van der Waals surface area contributed by atoms with Crippen molar-refractivity contribution in [3.05, 3.63) is 94.5 Å². The molecule has 0 spiro atoms. The van der Waals surface area contributed by atoms with Crippen molar-refractivity contribution >= 4 is 23.4 Å². The van der Waals surface area contributed by atoms with Crippen LogP contribution in [-0.2, 0) is 0 Å². The molecule has 0 unspecified atom stereocenters. The number of rotatable bonds is 3. The molecule has 3 rings (SSSR count). The Balaban J connectivity index is 1.81. The Morgan fingerprint density at radius 3 is 2.07 bits per heavy atom. The van der Waals surface area contributed by atoms with Gasteiger partial charge in [0.1, 0.15) is 0 Å². The summed E-state index contributed by atoms with van der Waals surface area (Å²) in [5.41, 5.74) is 7.20. The van der Waals surface area contributed by atoms with Gasteiger partial charge in [-0.25, -0.2) is 0 Å². The number of hydrazine groups is 1. The van der Waals surface area contributed by atoms with Crippen molar-refractivity contribution in [1.29, 1.82) is 5.26 Å². The molecule has 0 heterocycles. The number of hydrogen-bond donors (Lipinski definition) is 2. The molecule has 3 aromatic rings. The number of nitrogens with one attached hydrogen (secondary N) is 2. The van der Waals surface area contributed by atoms with Crippen LogP contribution in [0.3, 0.4) is 0 Å². The van der Waals surface area contributed by atoms with Gasteiger partial charge >= 0.3 is 0 Å².